The Hall–Kier alpha value is -3.46. The summed E-state index contributed by atoms with van der Waals surface area (Å²) in [4.78, 5) is 47.3. The van der Waals surface area contributed by atoms with Gasteiger partial charge in [0.25, 0.3) is 0 Å². The minimum absolute atomic E-state index is 0.146. The zero-order valence-electron chi connectivity index (χ0n) is 32.5. The molecule has 4 N–H and O–H groups in total. The molecule has 0 rings (SSSR count). The average molecular weight is 729 g/mol. The number of ether oxygens (including phenoxy) is 1. The van der Waals surface area contributed by atoms with E-state index in [4.69, 9.17) is 14.9 Å². The second kappa shape index (κ2) is 37.3. The molecule has 296 valence electrons. The number of allylic oxidation sites excluding steroid dienone is 9. The minimum Gasteiger partial charge on any atom is -0.480 e. The Kier molecular flexibility index (Phi) is 34.8. The van der Waals surface area contributed by atoms with E-state index < -0.39 is 24.5 Å². The molecule has 0 spiro atoms. The number of rotatable bonds is 35. The number of amides is 2. The van der Waals surface area contributed by atoms with Crippen molar-refractivity contribution < 1.29 is 34.1 Å². The number of esters is 1. The second-order valence-electron chi connectivity index (χ2n) is 13.4. The maximum Gasteiger partial charge on any atom is 0.328 e. The first-order chi connectivity index (χ1) is 25.3. The van der Waals surface area contributed by atoms with Crippen LogP contribution < -0.4 is 10.6 Å². The Bertz CT molecular complexity index is 1060. The lowest BCUT2D eigenvalue weighted by molar-refractivity contribution is -0.147. The van der Waals surface area contributed by atoms with Crippen molar-refractivity contribution in [2.24, 2.45) is 0 Å². The van der Waals surface area contributed by atoms with Crippen LogP contribution in [0.5, 0.6) is 0 Å². The lowest BCUT2D eigenvalue weighted by atomic mass is 10.1. The Balaban J connectivity index is 4.19. The van der Waals surface area contributed by atoms with Gasteiger partial charge in [-0.2, -0.15) is 0 Å². The van der Waals surface area contributed by atoms with E-state index in [2.05, 4.69) is 79.2 Å². The Labute approximate surface area is 315 Å². The Morgan fingerprint density at radius 1 is 0.596 bits per heavy atom. The minimum atomic E-state index is -1.39. The first-order valence-electron chi connectivity index (χ1n) is 20.2. The van der Waals surface area contributed by atoms with Gasteiger partial charge in [-0.05, 0) is 83.1 Å². The maximum atomic E-state index is 12.6. The summed E-state index contributed by atoms with van der Waals surface area (Å²) in [6.45, 7) is 3.32. The van der Waals surface area contributed by atoms with Crippen molar-refractivity contribution in [3.05, 3.63) is 60.8 Å². The van der Waals surface area contributed by atoms with Crippen molar-refractivity contribution in [3.8, 4) is 0 Å². The normalized spacial score (nSPS) is 13.1. The molecule has 2 unspecified atom stereocenters. The fourth-order valence-corrected chi connectivity index (χ4v) is 5.32. The summed E-state index contributed by atoms with van der Waals surface area (Å²) in [6, 6.07) is -1.39. The molecular weight excluding hydrogens is 656 g/mol. The highest BCUT2D eigenvalue weighted by molar-refractivity contribution is 5.87. The van der Waals surface area contributed by atoms with E-state index in [1.807, 2.05) is 6.08 Å². The van der Waals surface area contributed by atoms with Crippen molar-refractivity contribution in [2.45, 2.75) is 174 Å². The highest BCUT2D eigenvalue weighted by Gasteiger charge is 2.18. The molecule has 0 saturated carbocycles. The standard InChI is InChI=1S/C43H72N2O7/c1-3-5-7-9-11-12-13-14-15-16-17-18-19-20-21-22-23-25-31-35-42(49)52-38(32-28-24-10-8-6-4-2)33-29-26-27-30-34-40(47)44-36-41(48)45-39(37-46)43(50)51/h8,10-12,14-15,17-18,28,32,38-39,46H,3-7,9,13,16,19-27,29-31,33-37H2,1-2H3,(H,44,47)(H,45,48)(H,50,51)/b10-8-,12-11-,15-14-,18-17-,32-28-. The predicted octanol–water partition coefficient (Wildman–Crippen LogP) is 9.37. The van der Waals surface area contributed by atoms with E-state index in [1.54, 1.807) is 0 Å². The van der Waals surface area contributed by atoms with Crippen LogP contribution in [0.25, 0.3) is 0 Å². The van der Waals surface area contributed by atoms with Crippen LogP contribution >= 0.6 is 0 Å². The van der Waals surface area contributed by atoms with Crippen LogP contribution in [0.2, 0.25) is 0 Å². The number of aliphatic hydroxyl groups is 1. The largest absolute Gasteiger partial charge is 0.480 e. The molecule has 0 heterocycles. The molecule has 2 atom stereocenters. The number of carboxylic acid groups (broad SMARTS) is 1. The number of hydrogen-bond acceptors (Lipinski definition) is 6. The van der Waals surface area contributed by atoms with Gasteiger partial charge in [-0.25, -0.2) is 4.79 Å². The van der Waals surface area contributed by atoms with Crippen LogP contribution in [0.4, 0.5) is 0 Å². The molecule has 52 heavy (non-hydrogen) atoms. The summed E-state index contributed by atoms with van der Waals surface area (Å²) in [5.74, 6) is -2.45. The van der Waals surface area contributed by atoms with Crippen molar-refractivity contribution in [1.82, 2.24) is 10.6 Å². The van der Waals surface area contributed by atoms with Gasteiger partial charge in [-0.15, -0.1) is 0 Å². The summed E-state index contributed by atoms with van der Waals surface area (Å²) in [5, 5.41) is 22.5. The van der Waals surface area contributed by atoms with E-state index in [0.717, 1.165) is 83.5 Å². The zero-order valence-corrected chi connectivity index (χ0v) is 32.5. The van der Waals surface area contributed by atoms with Crippen molar-refractivity contribution >= 4 is 23.8 Å². The first-order valence-corrected chi connectivity index (χ1v) is 20.2. The van der Waals surface area contributed by atoms with E-state index in [9.17, 15) is 19.2 Å². The quantitative estimate of drug-likeness (QED) is 0.0289. The van der Waals surface area contributed by atoms with Gasteiger partial charge in [-0.3, -0.25) is 14.4 Å². The van der Waals surface area contributed by atoms with Gasteiger partial charge < -0.3 is 25.6 Å². The third-order valence-corrected chi connectivity index (χ3v) is 8.45. The molecule has 0 aromatic rings. The smallest absolute Gasteiger partial charge is 0.328 e. The summed E-state index contributed by atoms with van der Waals surface area (Å²) >= 11 is 0. The number of nitrogens with one attached hydrogen (secondary N) is 2. The van der Waals surface area contributed by atoms with Crippen molar-refractivity contribution in [2.75, 3.05) is 13.2 Å². The van der Waals surface area contributed by atoms with Gasteiger partial charge in [0.2, 0.25) is 11.8 Å². The third-order valence-electron chi connectivity index (χ3n) is 8.45. The van der Waals surface area contributed by atoms with Gasteiger partial charge in [-0.1, -0.05) is 126 Å². The van der Waals surface area contributed by atoms with Crippen LogP contribution in [0.1, 0.15) is 162 Å². The van der Waals surface area contributed by atoms with Crippen molar-refractivity contribution in [3.63, 3.8) is 0 Å². The molecule has 2 amide bonds. The van der Waals surface area contributed by atoms with E-state index in [0.29, 0.717) is 12.8 Å². The summed E-state index contributed by atoms with van der Waals surface area (Å²) in [5.41, 5.74) is 0. The summed E-state index contributed by atoms with van der Waals surface area (Å²) in [6.07, 6.45) is 44.2. The molecular formula is C43H72N2O7. The van der Waals surface area contributed by atoms with Gasteiger partial charge in [0.05, 0.1) is 13.2 Å². The van der Waals surface area contributed by atoms with Crippen LogP contribution in [0.3, 0.4) is 0 Å². The zero-order chi connectivity index (χ0) is 38.3. The van der Waals surface area contributed by atoms with Gasteiger partial charge in [0, 0.05) is 12.8 Å². The highest BCUT2D eigenvalue weighted by atomic mass is 16.5. The van der Waals surface area contributed by atoms with Crippen LogP contribution in [-0.4, -0.2) is 59.3 Å². The lowest BCUT2D eigenvalue weighted by Crippen LogP contribution is -2.47. The van der Waals surface area contributed by atoms with Gasteiger partial charge >= 0.3 is 11.9 Å². The van der Waals surface area contributed by atoms with E-state index in [1.165, 1.54) is 44.9 Å². The fraction of sp³-hybridized carbons (Fsp3) is 0.674. The molecule has 0 aromatic carbocycles. The number of carbonyl (C=O) groups is 4. The number of aliphatic hydroxyl groups excluding tert-OH is 1. The van der Waals surface area contributed by atoms with E-state index in [-0.39, 0.29) is 30.9 Å². The maximum absolute atomic E-state index is 12.6. The number of carboxylic acids is 1. The summed E-state index contributed by atoms with van der Waals surface area (Å²) < 4.78 is 5.84. The molecule has 9 nitrogen and oxygen atoms in total. The number of unbranched alkanes of at least 4 members (excludes halogenated alkanes) is 13. The first kappa shape index (κ1) is 48.5. The molecule has 0 saturated heterocycles. The summed E-state index contributed by atoms with van der Waals surface area (Å²) in [7, 11) is 0. The highest BCUT2D eigenvalue weighted by Crippen LogP contribution is 2.14. The van der Waals surface area contributed by atoms with Gasteiger partial charge in [0.15, 0.2) is 0 Å². The molecule has 0 bridgehead atoms. The van der Waals surface area contributed by atoms with Crippen LogP contribution in [0, 0.1) is 0 Å². The average Bonchev–Trinajstić information content (AvgIpc) is 3.13. The number of aliphatic carboxylic acids is 1. The Morgan fingerprint density at radius 3 is 1.75 bits per heavy atom. The topological polar surface area (TPSA) is 142 Å². The van der Waals surface area contributed by atoms with E-state index >= 15 is 0 Å². The molecule has 0 radical (unpaired) electrons. The molecule has 9 heteroatoms. The fourth-order valence-electron chi connectivity index (χ4n) is 5.32. The van der Waals surface area contributed by atoms with Crippen LogP contribution in [-0.2, 0) is 23.9 Å². The molecule has 0 aliphatic carbocycles. The Morgan fingerprint density at radius 2 is 1.13 bits per heavy atom. The SMILES string of the molecule is CCC/C=C\C/C=C\C(CCCCCCC(=O)NCC(=O)NC(CO)C(=O)O)OC(=O)CCCCCCCC/C=C\C/C=C\C/C=C\CCCCC. The molecule has 0 aromatic heterocycles. The predicted molar refractivity (Wildman–Crippen MR) is 213 cm³/mol. The van der Waals surface area contributed by atoms with Crippen molar-refractivity contribution in [1.29, 1.82) is 0 Å². The second-order valence-corrected chi connectivity index (χ2v) is 13.4. The van der Waals surface area contributed by atoms with Crippen LogP contribution in [0.15, 0.2) is 60.8 Å². The number of hydrogen-bond donors (Lipinski definition) is 4. The molecule has 0 aliphatic rings. The van der Waals surface area contributed by atoms with Gasteiger partial charge in [0.1, 0.15) is 12.1 Å². The molecule has 0 aliphatic heterocycles. The third kappa shape index (κ3) is 33.7. The monoisotopic (exact) mass is 729 g/mol. The number of carbonyl (C=O) groups excluding carboxylic acids is 3. The lowest BCUT2D eigenvalue weighted by Gasteiger charge is -2.15. The molecule has 0 fully saturated rings.